The lowest BCUT2D eigenvalue weighted by atomic mass is 10.2. The van der Waals surface area contributed by atoms with Crippen molar-refractivity contribution >= 4 is 32.1 Å². The van der Waals surface area contributed by atoms with Gasteiger partial charge in [0.1, 0.15) is 6.61 Å². The molecule has 0 heterocycles. The Bertz CT molecular complexity index is 193. The highest BCUT2D eigenvalue weighted by atomic mass is 127. The smallest absolute Gasteiger partial charge is 0.192 e. The third-order valence-electron chi connectivity index (χ3n) is 1.84. The van der Waals surface area contributed by atoms with E-state index in [4.69, 9.17) is 4.84 Å². The predicted molar refractivity (Wildman–Crippen MR) is 66.8 cm³/mol. The molecule has 0 aliphatic rings. The first-order valence-corrected chi connectivity index (χ1v) is 6.08. The van der Waals surface area contributed by atoms with Gasteiger partial charge in [0.2, 0.25) is 0 Å². The number of unbranched alkanes of at least 4 members (excludes halogenated alkanes) is 2. The number of nitrogens with zero attached hydrogens (tertiary/aromatic N) is 1. The van der Waals surface area contributed by atoms with Crippen LogP contribution in [-0.2, 0) is 9.63 Å². The van der Waals surface area contributed by atoms with Gasteiger partial charge in [0.25, 0.3) is 0 Å². The van der Waals surface area contributed by atoms with E-state index in [1.54, 1.807) is 0 Å². The Balaban J connectivity index is 3.18. The van der Waals surface area contributed by atoms with Gasteiger partial charge >= 0.3 is 0 Å². The van der Waals surface area contributed by atoms with Crippen molar-refractivity contribution in [3.63, 3.8) is 0 Å². The molecule has 4 heteroatoms. The molecule has 14 heavy (non-hydrogen) atoms. The summed E-state index contributed by atoms with van der Waals surface area (Å²) in [5.41, 5.74) is 1.02. The largest absolute Gasteiger partial charge is 0.396 e. The van der Waals surface area contributed by atoms with Crippen LogP contribution in [0.5, 0.6) is 0 Å². The van der Waals surface area contributed by atoms with E-state index in [1.807, 2.05) is 36.4 Å². The third-order valence-corrected chi connectivity index (χ3v) is 2.38. The van der Waals surface area contributed by atoms with Crippen molar-refractivity contribution in [3.05, 3.63) is 0 Å². The molecule has 0 unspecified atom stereocenters. The molecule has 3 nitrogen and oxygen atoms in total. The van der Waals surface area contributed by atoms with Crippen LogP contribution in [0.1, 0.15) is 46.0 Å². The van der Waals surface area contributed by atoms with E-state index in [0.717, 1.165) is 31.4 Å². The van der Waals surface area contributed by atoms with Crippen LogP contribution in [0, 0.1) is 0 Å². The van der Waals surface area contributed by atoms with Gasteiger partial charge in [0.05, 0.1) is 5.71 Å². The molecule has 0 aromatic heterocycles. The Morgan fingerprint density at radius 1 is 1.36 bits per heavy atom. The summed E-state index contributed by atoms with van der Waals surface area (Å²) in [5, 5.41) is 3.92. The Morgan fingerprint density at radius 2 is 2.07 bits per heavy atom. The Morgan fingerprint density at radius 3 is 2.64 bits per heavy atom. The molecule has 0 aromatic carbocycles. The second-order valence-corrected chi connectivity index (χ2v) is 4.38. The number of carbonyl (C=O) groups excluding carboxylic acids is 1. The first kappa shape index (κ1) is 13.9. The van der Waals surface area contributed by atoms with E-state index in [0.29, 0.717) is 13.0 Å². The van der Waals surface area contributed by atoms with Gasteiger partial charge in [0.15, 0.2) is 3.79 Å². The molecule has 82 valence electrons. The van der Waals surface area contributed by atoms with Crippen LogP contribution >= 0.6 is 22.6 Å². The van der Waals surface area contributed by atoms with Gasteiger partial charge in [-0.2, -0.15) is 0 Å². The molecule has 0 rings (SSSR count). The summed E-state index contributed by atoms with van der Waals surface area (Å²) >= 11 is 1.83. The maximum absolute atomic E-state index is 10.6. The van der Waals surface area contributed by atoms with E-state index in [2.05, 4.69) is 5.16 Å². The van der Waals surface area contributed by atoms with Crippen molar-refractivity contribution in [2.24, 2.45) is 5.16 Å². The number of halogens is 1. The van der Waals surface area contributed by atoms with Gasteiger partial charge in [0, 0.05) is 6.42 Å². The SMILES string of the molecule is CC/C(C)=N/OCCCCCC(=O)I. The zero-order chi connectivity index (χ0) is 10.8. The number of oxime groups is 1. The molecule has 0 saturated heterocycles. The van der Waals surface area contributed by atoms with E-state index in [-0.39, 0.29) is 3.79 Å². The van der Waals surface area contributed by atoms with Crippen molar-refractivity contribution in [1.29, 1.82) is 0 Å². The van der Waals surface area contributed by atoms with Gasteiger partial charge < -0.3 is 4.84 Å². The van der Waals surface area contributed by atoms with E-state index >= 15 is 0 Å². The molecule has 0 spiro atoms. The van der Waals surface area contributed by atoms with Crippen LogP contribution in [0.2, 0.25) is 0 Å². The molecular weight excluding hydrogens is 293 g/mol. The minimum absolute atomic E-state index is 0.239. The van der Waals surface area contributed by atoms with Crippen molar-refractivity contribution in [2.75, 3.05) is 6.61 Å². The van der Waals surface area contributed by atoms with Crippen molar-refractivity contribution in [3.8, 4) is 0 Å². The standard InChI is InChI=1S/C10H18INO2/c1-3-9(2)12-14-8-6-4-5-7-10(11)13/h3-8H2,1-2H3/b12-9+. The van der Waals surface area contributed by atoms with Gasteiger partial charge in [-0.05, 0) is 55.2 Å². The summed E-state index contributed by atoms with van der Waals surface area (Å²) in [5.74, 6) is 0. The number of rotatable bonds is 8. The molecule has 0 amide bonds. The van der Waals surface area contributed by atoms with Gasteiger partial charge in [-0.15, -0.1) is 0 Å². The van der Waals surface area contributed by atoms with Crippen molar-refractivity contribution in [1.82, 2.24) is 0 Å². The average molecular weight is 311 g/mol. The monoisotopic (exact) mass is 311 g/mol. The van der Waals surface area contributed by atoms with E-state index in [9.17, 15) is 4.79 Å². The number of hydrogen-bond acceptors (Lipinski definition) is 3. The summed E-state index contributed by atoms with van der Waals surface area (Å²) in [7, 11) is 0. The van der Waals surface area contributed by atoms with E-state index < -0.39 is 0 Å². The zero-order valence-corrected chi connectivity index (χ0v) is 11.0. The molecule has 0 aliphatic carbocycles. The van der Waals surface area contributed by atoms with Crippen LogP contribution in [0.15, 0.2) is 5.16 Å². The fraction of sp³-hybridized carbons (Fsp3) is 0.800. The lowest BCUT2D eigenvalue weighted by Crippen LogP contribution is -1.94. The highest BCUT2D eigenvalue weighted by Crippen LogP contribution is 2.04. The summed E-state index contributed by atoms with van der Waals surface area (Å²) in [4.78, 5) is 15.7. The van der Waals surface area contributed by atoms with Crippen LogP contribution in [0.3, 0.4) is 0 Å². The minimum Gasteiger partial charge on any atom is -0.396 e. The zero-order valence-electron chi connectivity index (χ0n) is 8.88. The van der Waals surface area contributed by atoms with Gasteiger partial charge in [-0.1, -0.05) is 12.1 Å². The predicted octanol–water partition coefficient (Wildman–Crippen LogP) is 3.31. The summed E-state index contributed by atoms with van der Waals surface area (Å²) in [6.07, 6.45) is 4.59. The molecule has 0 radical (unpaired) electrons. The van der Waals surface area contributed by atoms with Gasteiger partial charge in [-0.25, -0.2) is 0 Å². The Hall–Kier alpha value is -0.130. The summed E-state index contributed by atoms with van der Waals surface area (Å²) < 4.78 is 0.239. The number of carbonyl (C=O) groups is 1. The normalized spacial score (nSPS) is 11.5. The Labute approximate surface area is 99.4 Å². The lowest BCUT2D eigenvalue weighted by molar-refractivity contribution is -0.109. The molecule has 0 bridgehead atoms. The van der Waals surface area contributed by atoms with Crippen LogP contribution in [-0.4, -0.2) is 16.1 Å². The summed E-state index contributed by atoms with van der Waals surface area (Å²) in [6, 6.07) is 0. The topological polar surface area (TPSA) is 38.7 Å². The highest BCUT2D eigenvalue weighted by Gasteiger charge is 1.95. The quantitative estimate of drug-likeness (QED) is 0.227. The minimum atomic E-state index is 0.239. The molecule has 0 atom stereocenters. The highest BCUT2D eigenvalue weighted by molar-refractivity contribution is 14.1. The maximum atomic E-state index is 10.6. The van der Waals surface area contributed by atoms with Gasteiger partial charge in [-0.3, -0.25) is 4.79 Å². The Kier molecular flexibility index (Phi) is 9.34. The maximum Gasteiger partial charge on any atom is 0.192 e. The third kappa shape index (κ3) is 9.95. The second-order valence-electron chi connectivity index (χ2n) is 3.18. The van der Waals surface area contributed by atoms with Crippen LogP contribution in [0.25, 0.3) is 0 Å². The molecule has 0 fully saturated rings. The number of hydrogen-bond donors (Lipinski definition) is 0. The average Bonchev–Trinajstić information content (AvgIpc) is 2.15. The van der Waals surface area contributed by atoms with Crippen molar-refractivity contribution < 1.29 is 9.63 Å². The fourth-order valence-corrected chi connectivity index (χ4v) is 1.21. The summed E-state index contributed by atoms with van der Waals surface area (Å²) in [6.45, 7) is 4.66. The molecule has 0 aromatic rings. The van der Waals surface area contributed by atoms with Crippen LogP contribution < -0.4 is 0 Å². The molecular formula is C10H18INO2. The first-order valence-electron chi connectivity index (χ1n) is 5.00. The second kappa shape index (κ2) is 9.43. The first-order chi connectivity index (χ1) is 6.66. The lowest BCUT2D eigenvalue weighted by Gasteiger charge is -2.00. The fourth-order valence-electron chi connectivity index (χ4n) is 0.828. The van der Waals surface area contributed by atoms with E-state index in [1.165, 1.54) is 0 Å². The van der Waals surface area contributed by atoms with Crippen molar-refractivity contribution in [2.45, 2.75) is 46.0 Å². The molecule has 0 N–H and O–H groups in total. The molecule has 0 saturated carbocycles. The molecule has 0 aliphatic heterocycles. The van der Waals surface area contributed by atoms with Crippen LogP contribution in [0.4, 0.5) is 0 Å².